The van der Waals surface area contributed by atoms with Crippen molar-refractivity contribution in [1.82, 2.24) is 4.98 Å². The number of benzene rings is 1. The van der Waals surface area contributed by atoms with Gasteiger partial charge in [-0.3, -0.25) is 10.1 Å². The SMILES string of the molecule is CC1CCc2nc(NC(=O)c3ccc(N(C)C)cc3)sc2C1. The third kappa shape index (κ3) is 3.14. The second-order valence-electron chi connectivity index (χ2n) is 6.13. The van der Waals surface area contributed by atoms with Gasteiger partial charge in [0.25, 0.3) is 5.91 Å². The van der Waals surface area contributed by atoms with Gasteiger partial charge in [-0.25, -0.2) is 4.98 Å². The molecule has 0 bridgehead atoms. The lowest BCUT2D eigenvalue weighted by molar-refractivity contribution is 0.102. The molecule has 1 aliphatic rings. The van der Waals surface area contributed by atoms with Crippen LogP contribution in [0, 0.1) is 5.92 Å². The summed E-state index contributed by atoms with van der Waals surface area (Å²) in [5, 5.41) is 3.66. The Labute approximate surface area is 135 Å². The minimum absolute atomic E-state index is 0.0931. The number of nitrogens with zero attached hydrogens (tertiary/aromatic N) is 2. The predicted molar refractivity (Wildman–Crippen MR) is 92.0 cm³/mol. The Morgan fingerprint density at radius 2 is 2.05 bits per heavy atom. The van der Waals surface area contributed by atoms with Gasteiger partial charge in [0.15, 0.2) is 5.13 Å². The number of hydrogen-bond acceptors (Lipinski definition) is 4. The number of amides is 1. The molecule has 1 aliphatic carbocycles. The van der Waals surface area contributed by atoms with Gasteiger partial charge in [-0.1, -0.05) is 6.92 Å². The van der Waals surface area contributed by atoms with Gasteiger partial charge in [0, 0.05) is 30.2 Å². The van der Waals surface area contributed by atoms with Gasteiger partial charge < -0.3 is 4.90 Å². The van der Waals surface area contributed by atoms with E-state index in [1.165, 1.54) is 17.0 Å². The standard InChI is InChI=1S/C17H21N3OS/c1-11-4-9-14-15(10-11)22-17(18-14)19-16(21)12-5-7-13(8-6-12)20(2)3/h5-8,11H,4,9-10H2,1-3H3,(H,18,19,21). The van der Waals surface area contributed by atoms with Crippen LogP contribution in [0.5, 0.6) is 0 Å². The summed E-state index contributed by atoms with van der Waals surface area (Å²) in [5.41, 5.74) is 2.91. The van der Waals surface area contributed by atoms with E-state index in [1.807, 2.05) is 43.3 Å². The highest BCUT2D eigenvalue weighted by atomic mass is 32.1. The van der Waals surface area contributed by atoms with Gasteiger partial charge in [0.1, 0.15) is 0 Å². The Balaban J connectivity index is 1.71. The summed E-state index contributed by atoms with van der Waals surface area (Å²) in [7, 11) is 3.96. The first-order valence-electron chi connectivity index (χ1n) is 7.60. The van der Waals surface area contributed by atoms with E-state index in [4.69, 9.17) is 0 Å². The molecule has 116 valence electrons. The number of hydrogen-bond donors (Lipinski definition) is 1. The summed E-state index contributed by atoms with van der Waals surface area (Å²) >= 11 is 1.62. The molecule has 1 amide bonds. The molecule has 1 heterocycles. The van der Waals surface area contributed by atoms with E-state index >= 15 is 0 Å². The molecule has 0 saturated carbocycles. The van der Waals surface area contributed by atoms with E-state index < -0.39 is 0 Å². The minimum atomic E-state index is -0.0931. The largest absolute Gasteiger partial charge is 0.378 e. The van der Waals surface area contributed by atoms with E-state index in [0.29, 0.717) is 5.56 Å². The lowest BCUT2D eigenvalue weighted by Gasteiger charge is -2.15. The second-order valence-corrected chi connectivity index (χ2v) is 7.22. The van der Waals surface area contributed by atoms with Crippen molar-refractivity contribution in [3.8, 4) is 0 Å². The summed E-state index contributed by atoms with van der Waals surface area (Å²) in [6.07, 6.45) is 3.30. The van der Waals surface area contributed by atoms with Crippen molar-refractivity contribution in [2.75, 3.05) is 24.3 Å². The van der Waals surface area contributed by atoms with E-state index in [2.05, 4.69) is 17.2 Å². The number of fused-ring (bicyclic) bond motifs is 1. The van der Waals surface area contributed by atoms with Crippen molar-refractivity contribution in [3.63, 3.8) is 0 Å². The number of nitrogens with one attached hydrogen (secondary N) is 1. The van der Waals surface area contributed by atoms with Crippen LogP contribution in [0.4, 0.5) is 10.8 Å². The number of thiazole rings is 1. The molecule has 5 heteroatoms. The fourth-order valence-corrected chi connectivity index (χ4v) is 3.84. The highest BCUT2D eigenvalue weighted by Crippen LogP contribution is 2.32. The molecule has 1 aromatic heterocycles. The minimum Gasteiger partial charge on any atom is -0.378 e. The fourth-order valence-electron chi connectivity index (χ4n) is 2.67. The Kier molecular flexibility index (Phi) is 4.16. The average Bonchev–Trinajstić information content (AvgIpc) is 2.88. The van der Waals surface area contributed by atoms with Crippen molar-refractivity contribution < 1.29 is 4.79 Å². The number of rotatable bonds is 3. The summed E-state index contributed by atoms with van der Waals surface area (Å²) in [4.78, 5) is 20.2. The number of aryl methyl sites for hydroxylation is 1. The molecular formula is C17H21N3OS. The number of anilines is 2. The lowest BCUT2D eigenvalue weighted by atomic mass is 9.93. The Morgan fingerprint density at radius 3 is 2.73 bits per heavy atom. The third-order valence-electron chi connectivity index (χ3n) is 4.05. The second kappa shape index (κ2) is 6.08. The van der Waals surface area contributed by atoms with Crippen LogP contribution in [0.3, 0.4) is 0 Å². The van der Waals surface area contributed by atoms with Crippen LogP contribution in [-0.2, 0) is 12.8 Å². The zero-order valence-electron chi connectivity index (χ0n) is 13.2. The van der Waals surface area contributed by atoms with Gasteiger partial charge in [0.2, 0.25) is 0 Å². The van der Waals surface area contributed by atoms with E-state index in [9.17, 15) is 4.79 Å². The maximum absolute atomic E-state index is 12.3. The highest BCUT2D eigenvalue weighted by molar-refractivity contribution is 7.15. The topological polar surface area (TPSA) is 45.2 Å². The van der Waals surface area contributed by atoms with Gasteiger partial charge in [-0.15, -0.1) is 11.3 Å². The number of carbonyl (C=O) groups is 1. The molecule has 0 aliphatic heterocycles. The summed E-state index contributed by atoms with van der Waals surface area (Å²) in [5.74, 6) is 0.625. The van der Waals surface area contributed by atoms with Crippen molar-refractivity contribution in [2.45, 2.75) is 26.2 Å². The molecule has 2 aromatic rings. The first-order chi connectivity index (χ1) is 10.5. The molecular weight excluding hydrogens is 294 g/mol. The van der Waals surface area contributed by atoms with E-state index in [0.717, 1.165) is 29.6 Å². The van der Waals surface area contributed by atoms with Gasteiger partial charge in [-0.05, 0) is 49.4 Å². The molecule has 1 unspecified atom stereocenters. The van der Waals surface area contributed by atoms with Crippen molar-refractivity contribution in [3.05, 3.63) is 40.4 Å². The molecule has 3 rings (SSSR count). The zero-order valence-corrected chi connectivity index (χ0v) is 14.0. The van der Waals surface area contributed by atoms with Crippen LogP contribution in [-0.4, -0.2) is 25.0 Å². The fraction of sp³-hybridized carbons (Fsp3) is 0.412. The normalized spacial score (nSPS) is 17.0. The van der Waals surface area contributed by atoms with E-state index in [1.54, 1.807) is 11.3 Å². The zero-order chi connectivity index (χ0) is 15.7. The van der Waals surface area contributed by atoms with Crippen LogP contribution in [0.1, 0.15) is 34.3 Å². The molecule has 22 heavy (non-hydrogen) atoms. The molecule has 4 nitrogen and oxygen atoms in total. The number of carbonyl (C=O) groups excluding carboxylic acids is 1. The van der Waals surface area contributed by atoms with Crippen LogP contribution >= 0.6 is 11.3 Å². The lowest BCUT2D eigenvalue weighted by Crippen LogP contribution is -2.13. The molecule has 1 atom stereocenters. The quantitative estimate of drug-likeness (QED) is 0.941. The summed E-state index contributed by atoms with van der Waals surface area (Å²) < 4.78 is 0. The predicted octanol–water partition coefficient (Wildman–Crippen LogP) is 3.59. The Morgan fingerprint density at radius 1 is 1.32 bits per heavy atom. The maximum Gasteiger partial charge on any atom is 0.257 e. The summed E-state index contributed by atoms with van der Waals surface area (Å²) in [6.45, 7) is 2.27. The van der Waals surface area contributed by atoms with Crippen LogP contribution in [0.25, 0.3) is 0 Å². The van der Waals surface area contributed by atoms with Crippen LogP contribution in [0.15, 0.2) is 24.3 Å². The third-order valence-corrected chi connectivity index (χ3v) is 5.09. The first-order valence-corrected chi connectivity index (χ1v) is 8.42. The molecule has 0 radical (unpaired) electrons. The van der Waals surface area contributed by atoms with Crippen LogP contribution in [0.2, 0.25) is 0 Å². The first kappa shape index (κ1) is 15.0. The molecule has 1 N–H and O–H groups in total. The molecule has 0 fully saturated rings. The van der Waals surface area contributed by atoms with Gasteiger partial charge in [0.05, 0.1) is 5.69 Å². The van der Waals surface area contributed by atoms with Gasteiger partial charge >= 0.3 is 0 Å². The molecule has 1 aromatic carbocycles. The van der Waals surface area contributed by atoms with Crippen molar-refractivity contribution >= 4 is 28.1 Å². The van der Waals surface area contributed by atoms with Crippen molar-refractivity contribution in [2.24, 2.45) is 5.92 Å². The maximum atomic E-state index is 12.3. The Hall–Kier alpha value is -1.88. The van der Waals surface area contributed by atoms with Gasteiger partial charge in [-0.2, -0.15) is 0 Å². The monoisotopic (exact) mass is 315 g/mol. The number of aromatic nitrogens is 1. The molecule has 0 spiro atoms. The van der Waals surface area contributed by atoms with Crippen LogP contribution < -0.4 is 10.2 Å². The molecule has 0 saturated heterocycles. The van der Waals surface area contributed by atoms with E-state index in [-0.39, 0.29) is 5.91 Å². The van der Waals surface area contributed by atoms with Crippen molar-refractivity contribution in [1.29, 1.82) is 0 Å². The Bertz CT molecular complexity index is 676. The highest BCUT2D eigenvalue weighted by Gasteiger charge is 2.20. The summed E-state index contributed by atoms with van der Waals surface area (Å²) in [6, 6.07) is 7.59. The smallest absolute Gasteiger partial charge is 0.257 e. The average molecular weight is 315 g/mol.